The van der Waals surface area contributed by atoms with Crippen molar-refractivity contribution in [3.8, 4) is 0 Å². The number of hydrogen-bond acceptors (Lipinski definition) is 2. The molecule has 0 unspecified atom stereocenters. The maximum Gasteiger partial charge on any atom is 0.0966 e. The molecule has 0 bridgehead atoms. The molecule has 0 aliphatic rings. The first-order chi connectivity index (χ1) is 4.68. The van der Waals surface area contributed by atoms with Crippen molar-refractivity contribution in [2.24, 2.45) is 0 Å². The van der Waals surface area contributed by atoms with Crippen LogP contribution in [0, 0.1) is 0 Å². The largest absolute Gasteiger partial charge is 0.323 e. The Kier molecular flexibility index (Phi) is 5.56. The van der Waals surface area contributed by atoms with Gasteiger partial charge in [-0.3, -0.25) is 0 Å². The van der Waals surface area contributed by atoms with Crippen LogP contribution < -0.4 is 0 Å². The van der Waals surface area contributed by atoms with Crippen LogP contribution in [0.1, 0.15) is 20.8 Å². The lowest BCUT2D eigenvalue weighted by atomic mass is 11.0. The Bertz CT molecular complexity index is 117. The van der Waals surface area contributed by atoms with Gasteiger partial charge in [0, 0.05) is 5.49 Å². The van der Waals surface area contributed by atoms with Gasteiger partial charge in [-0.15, -0.1) is 0 Å². The molecule has 62 valence electrons. The van der Waals surface area contributed by atoms with Gasteiger partial charge < -0.3 is 4.57 Å². The van der Waals surface area contributed by atoms with E-state index in [-0.39, 0.29) is 0 Å². The second kappa shape index (κ2) is 5.26. The number of rotatable bonds is 5. The first-order valence-electron chi connectivity index (χ1n) is 3.83. The minimum absolute atomic E-state index is 0.872. The first kappa shape index (κ1) is 10.6. The molecule has 0 fully saturated rings. The van der Waals surface area contributed by atoms with Crippen molar-refractivity contribution >= 4 is 18.9 Å². The van der Waals surface area contributed by atoms with E-state index >= 15 is 0 Å². The van der Waals surface area contributed by atoms with Crippen LogP contribution in [-0.2, 0) is 4.57 Å². The molecule has 0 aliphatic heterocycles. The quantitative estimate of drug-likeness (QED) is 0.605. The highest BCUT2D eigenvalue weighted by atomic mass is 32.2. The van der Waals surface area contributed by atoms with Gasteiger partial charge in [-0.2, -0.15) is 11.8 Å². The van der Waals surface area contributed by atoms with Gasteiger partial charge in [-0.25, -0.2) is 0 Å². The lowest BCUT2D eigenvalue weighted by Gasteiger charge is -2.11. The summed E-state index contributed by atoms with van der Waals surface area (Å²) in [5.74, 6) is 1.09. The average molecular weight is 180 g/mol. The van der Waals surface area contributed by atoms with E-state index in [1.807, 2.05) is 13.8 Å². The van der Waals surface area contributed by atoms with Gasteiger partial charge >= 0.3 is 0 Å². The van der Waals surface area contributed by atoms with Crippen molar-refractivity contribution in [3.05, 3.63) is 0 Å². The maximum atomic E-state index is 11.7. The predicted octanol–water partition coefficient (Wildman–Crippen LogP) is 3.10. The zero-order valence-corrected chi connectivity index (χ0v) is 8.80. The Labute approximate surface area is 68.3 Å². The smallest absolute Gasteiger partial charge is 0.0966 e. The van der Waals surface area contributed by atoms with Crippen molar-refractivity contribution in [3.63, 3.8) is 0 Å². The molecular formula is C7H17OPS. The molecule has 0 saturated carbocycles. The van der Waals surface area contributed by atoms with Gasteiger partial charge in [0.25, 0.3) is 0 Å². The summed E-state index contributed by atoms with van der Waals surface area (Å²) in [5.41, 5.74) is 0.885. The Morgan fingerprint density at radius 1 is 1.20 bits per heavy atom. The van der Waals surface area contributed by atoms with Crippen LogP contribution in [0.2, 0.25) is 0 Å². The molecule has 0 aromatic rings. The standard InChI is InChI=1S/C7H17OPS/c1-4-9(8,5-2)7-10-6-3/h4-7H2,1-3H3. The summed E-state index contributed by atoms with van der Waals surface area (Å²) >= 11 is 1.80. The predicted molar refractivity (Wildman–Crippen MR) is 51.7 cm³/mol. The summed E-state index contributed by atoms with van der Waals surface area (Å²) in [4.78, 5) is 0. The van der Waals surface area contributed by atoms with E-state index in [1.54, 1.807) is 11.8 Å². The third-order valence-corrected chi connectivity index (χ3v) is 7.01. The van der Waals surface area contributed by atoms with E-state index < -0.39 is 7.14 Å². The lowest BCUT2D eigenvalue weighted by Crippen LogP contribution is -1.92. The van der Waals surface area contributed by atoms with E-state index in [0.29, 0.717) is 0 Å². The van der Waals surface area contributed by atoms with Crippen molar-refractivity contribution in [2.75, 3.05) is 23.6 Å². The third kappa shape index (κ3) is 3.68. The normalized spacial score (nSPS) is 11.9. The van der Waals surface area contributed by atoms with Crippen LogP contribution in [0.4, 0.5) is 0 Å². The van der Waals surface area contributed by atoms with Crippen LogP contribution in [0.15, 0.2) is 0 Å². The summed E-state index contributed by atoms with van der Waals surface area (Å²) in [6.45, 7) is 6.17. The molecule has 0 rings (SSSR count). The molecule has 10 heavy (non-hydrogen) atoms. The molecule has 0 atom stereocenters. The zero-order chi connectivity index (χ0) is 8.04. The minimum atomic E-state index is -1.73. The average Bonchev–Trinajstić information content (AvgIpc) is 2.00. The Morgan fingerprint density at radius 2 is 1.70 bits per heavy atom. The molecule has 0 saturated heterocycles. The van der Waals surface area contributed by atoms with Gasteiger partial charge in [0.05, 0.1) is 7.14 Å². The van der Waals surface area contributed by atoms with E-state index in [2.05, 4.69) is 6.92 Å². The highest BCUT2D eigenvalue weighted by Crippen LogP contribution is 2.47. The summed E-state index contributed by atoms with van der Waals surface area (Å²) in [5, 5.41) is 0. The van der Waals surface area contributed by atoms with Crippen LogP contribution in [0.25, 0.3) is 0 Å². The highest BCUT2D eigenvalue weighted by Gasteiger charge is 2.15. The molecule has 0 aromatic heterocycles. The number of hydrogen-bond donors (Lipinski definition) is 0. The second-order valence-corrected chi connectivity index (χ2v) is 7.71. The fourth-order valence-corrected chi connectivity index (χ4v) is 4.63. The molecule has 0 amide bonds. The Hall–Kier alpha value is 0.580. The van der Waals surface area contributed by atoms with E-state index in [4.69, 9.17) is 0 Å². The first-order valence-corrected chi connectivity index (χ1v) is 7.25. The molecule has 3 heteroatoms. The van der Waals surface area contributed by atoms with Crippen LogP contribution in [0.3, 0.4) is 0 Å². The fourth-order valence-electron chi connectivity index (χ4n) is 0.664. The SMILES string of the molecule is CCSCP(=O)(CC)CC. The molecule has 0 aliphatic carbocycles. The molecular weight excluding hydrogens is 163 g/mol. The molecule has 0 heterocycles. The minimum Gasteiger partial charge on any atom is -0.323 e. The molecule has 0 radical (unpaired) electrons. The van der Waals surface area contributed by atoms with E-state index in [0.717, 1.165) is 23.6 Å². The summed E-state index contributed by atoms with van der Waals surface area (Å²) in [6, 6.07) is 0. The topological polar surface area (TPSA) is 17.1 Å². The lowest BCUT2D eigenvalue weighted by molar-refractivity contribution is 0.579. The van der Waals surface area contributed by atoms with Crippen LogP contribution >= 0.6 is 18.9 Å². The maximum absolute atomic E-state index is 11.7. The van der Waals surface area contributed by atoms with Crippen LogP contribution in [-0.4, -0.2) is 23.6 Å². The van der Waals surface area contributed by atoms with E-state index in [1.165, 1.54) is 0 Å². The third-order valence-electron chi connectivity index (χ3n) is 1.68. The molecule has 0 spiro atoms. The molecule has 1 nitrogen and oxygen atoms in total. The molecule has 0 N–H and O–H groups in total. The summed E-state index contributed by atoms with van der Waals surface area (Å²) < 4.78 is 11.7. The van der Waals surface area contributed by atoms with Gasteiger partial charge in [-0.1, -0.05) is 20.8 Å². The second-order valence-electron chi connectivity index (χ2n) is 2.31. The van der Waals surface area contributed by atoms with Crippen molar-refractivity contribution < 1.29 is 4.57 Å². The van der Waals surface area contributed by atoms with Crippen molar-refractivity contribution in [1.29, 1.82) is 0 Å². The van der Waals surface area contributed by atoms with Crippen molar-refractivity contribution in [1.82, 2.24) is 0 Å². The number of thioether (sulfide) groups is 1. The summed E-state index contributed by atoms with van der Waals surface area (Å²) in [7, 11) is -1.73. The highest BCUT2D eigenvalue weighted by molar-refractivity contribution is 8.05. The van der Waals surface area contributed by atoms with Gasteiger partial charge in [0.2, 0.25) is 0 Å². The molecule has 0 aromatic carbocycles. The van der Waals surface area contributed by atoms with Crippen LogP contribution in [0.5, 0.6) is 0 Å². The van der Waals surface area contributed by atoms with Gasteiger partial charge in [0.1, 0.15) is 0 Å². The van der Waals surface area contributed by atoms with Crippen molar-refractivity contribution in [2.45, 2.75) is 20.8 Å². The monoisotopic (exact) mass is 180 g/mol. The van der Waals surface area contributed by atoms with E-state index in [9.17, 15) is 4.57 Å². The van der Waals surface area contributed by atoms with Gasteiger partial charge in [-0.05, 0) is 18.1 Å². The zero-order valence-electron chi connectivity index (χ0n) is 7.09. The Morgan fingerprint density at radius 3 is 2.00 bits per heavy atom. The van der Waals surface area contributed by atoms with Gasteiger partial charge in [0.15, 0.2) is 0 Å². The Balaban J connectivity index is 3.70. The summed E-state index contributed by atoms with van der Waals surface area (Å²) in [6.07, 6.45) is 1.74. The fraction of sp³-hybridized carbons (Fsp3) is 1.00.